The van der Waals surface area contributed by atoms with Crippen molar-refractivity contribution in [3.05, 3.63) is 30.1 Å². The predicted octanol–water partition coefficient (Wildman–Crippen LogP) is 0.441. The average molecular weight is 136 g/mol. The average Bonchev–Trinajstić information content (AvgIpc) is 2.05. The van der Waals surface area contributed by atoms with E-state index in [1.54, 1.807) is 31.6 Å². The summed E-state index contributed by atoms with van der Waals surface area (Å²) in [4.78, 5) is 14.7. The number of amides is 1. The first-order valence-electron chi connectivity index (χ1n) is 2.96. The van der Waals surface area contributed by atoms with Crippen molar-refractivity contribution in [2.45, 2.75) is 0 Å². The van der Waals surface area contributed by atoms with Crippen LogP contribution in [0.5, 0.6) is 0 Å². The number of hydrogen-bond acceptors (Lipinski definition) is 2. The number of nitrogens with one attached hydrogen (secondary N) is 1. The van der Waals surface area contributed by atoms with E-state index < -0.39 is 0 Å². The van der Waals surface area contributed by atoms with Crippen molar-refractivity contribution in [2.24, 2.45) is 0 Å². The molecule has 0 aliphatic rings. The van der Waals surface area contributed by atoms with E-state index in [-0.39, 0.29) is 5.91 Å². The summed E-state index contributed by atoms with van der Waals surface area (Å²) in [6, 6.07) is 3.33. The second-order valence-corrected chi connectivity index (χ2v) is 1.82. The highest BCUT2D eigenvalue weighted by Gasteiger charge is 1.98. The summed E-state index contributed by atoms with van der Waals surface area (Å²) < 4.78 is 0. The third-order valence-corrected chi connectivity index (χ3v) is 1.17. The molecule has 0 atom stereocenters. The summed E-state index contributed by atoms with van der Waals surface area (Å²) in [6.07, 6.45) is 3.18. The van der Waals surface area contributed by atoms with Gasteiger partial charge in [0.05, 0.1) is 0 Å². The monoisotopic (exact) mass is 136 g/mol. The number of nitrogens with zero attached hydrogens (tertiary/aromatic N) is 1. The Morgan fingerprint density at radius 1 is 1.50 bits per heavy atom. The Morgan fingerprint density at radius 2 is 2.10 bits per heavy atom. The van der Waals surface area contributed by atoms with Gasteiger partial charge in [0.15, 0.2) is 0 Å². The summed E-state index contributed by atoms with van der Waals surface area (Å²) in [5.74, 6) is -0.0811. The van der Waals surface area contributed by atoms with Crippen LogP contribution in [0, 0.1) is 0 Å². The van der Waals surface area contributed by atoms with Gasteiger partial charge in [-0.25, -0.2) is 0 Å². The quantitative estimate of drug-likeness (QED) is 0.608. The van der Waals surface area contributed by atoms with E-state index in [0.29, 0.717) is 5.56 Å². The van der Waals surface area contributed by atoms with Crippen molar-refractivity contribution < 1.29 is 4.79 Å². The first-order valence-corrected chi connectivity index (χ1v) is 2.96. The molecule has 0 radical (unpaired) electrons. The largest absolute Gasteiger partial charge is 0.355 e. The molecule has 52 valence electrons. The first kappa shape index (κ1) is 6.74. The second kappa shape index (κ2) is 2.96. The standard InChI is InChI=1S/C7H8N2O/c1-8-7(10)6-2-4-9-5-3-6/h2-5H,1H3,(H,8,10). The fourth-order valence-electron chi connectivity index (χ4n) is 0.648. The number of carbonyl (C=O) groups is 1. The predicted molar refractivity (Wildman–Crippen MR) is 37.6 cm³/mol. The van der Waals surface area contributed by atoms with Crippen LogP contribution in [0.2, 0.25) is 0 Å². The molecule has 0 aliphatic heterocycles. The summed E-state index contributed by atoms with van der Waals surface area (Å²) >= 11 is 0. The van der Waals surface area contributed by atoms with E-state index in [1.165, 1.54) is 0 Å². The number of rotatable bonds is 1. The maximum atomic E-state index is 10.9. The molecule has 0 unspecified atom stereocenters. The SMILES string of the molecule is CNC(=O)c1ccncc1. The Hall–Kier alpha value is -1.38. The van der Waals surface area contributed by atoms with E-state index in [0.717, 1.165) is 0 Å². The van der Waals surface area contributed by atoms with Crippen molar-refractivity contribution >= 4 is 5.91 Å². The van der Waals surface area contributed by atoms with Gasteiger partial charge in [0, 0.05) is 25.0 Å². The van der Waals surface area contributed by atoms with Gasteiger partial charge in [-0.05, 0) is 12.1 Å². The van der Waals surface area contributed by atoms with Gasteiger partial charge in [0.1, 0.15) is 0 Å². The Bertz CT molecular complexity index is 220. The molecular formula is C7H8N2O. The minimum atomic E-state index is -0.0811. The molecule has 1 aromatic rings. The lowest BCUT2D eigenvalue weighted by Gasteiger charge is -1.95. The molecule has 0 spiro atoms. The van der Waals surface area contributed by atoms with Crippen molar-refractivity contribution in [2.75, 3.05) is 7.05 Å². The minimum absolute atomic E-state index is 0.0811. The number of aromatic nitrogens is 1. The van der Waals surface area contributed by atoms with Gasteiger partial charge in [-0.2, -0.15) is 0 Å². The molecule has 1 amide bonds. The molecule has 1 rings (SSSR count). The molecular weight excluding hydrogens is 128 g/mol. The van der Waals surface area contributed by atoms with E-state index in [4.69, 9.17) is 0 Å². The van der Waals surface area contributed by atoms with Gasteiger partial charge in [0.2, 0.25) is 0 Å². The van der Waals surface area contributed by atoms with Gasteiger partial charge in [-0.1, -0.05) is 0 Å². The van der Waals surface area contributed by atoms with Crippen molar-refractivity contribution in [3.63, 3.8) is 0 Å². The third-order valence-electron chi connectivity index (χ3n) is 1.17. The van der Waals surface area contributed by atoms with Crippen LogP contribution in [0.1, 0.15) is 10.4 Å². The van der Waals surface area contributed by atoms with E-state index in [1.807, 2.05) is 0 Å². The number of hydrogen-bond donors (Lipinski definition) is 1. The zero-order chi connectivity index (χ0) is 7.40. The fraction of sp³-hybridized carbons (Fsp3) is 0.143. The van der Waals surface area contributed by atoms with Crippen LogP contribution in [0.25, 0.3) is 0 Å². The first-order chi connectivity index (χ1) is 4.84. The van der Waals surface area contributed by atoms with Crippen LogP contribution in [0.4, 0.5) is 0 Å². The Morgan fingerprint density at radius 3 is 2.60 bits per heavy atom. The number of carbonyl (C=O) groups excluding carboxylic acids is 1. The molecule has 1 heterocycles. The summed E-state index contributed by atoms with van der Waals surface area (Å²) in [6.45, 7) is 0. The second-order valence-electron chi connectivity index (χ2n) is 1.82. The molecule has 0 fully saturated rings. The normalized spacial score (nSPS) is 8.90. The fourth-order valence-corrected chi connectivity index (χ4v) is 0.648. The van der Waals surface area contributed by atoms with Gasteiger partial charge in [-0.3, -0.25) is 9.78 Å². The topological polar surface area (TPSA) is 42.0 Å². The molecule has 0 aromatic carbocycles. The molecule has 0 saturated heterocycles. The summed E-state index contributed by atoms with van der Waals surface area (Å²) in [7, 11) is 1.60. The van der Waals surface area contributed by atoms with Crippen LogP contribution < -0.4 is 5.32 Å². The van der Waals surface area contributed by atoms with Gasteiger partial charge >= 0.3 is 0 Å². The zero-order valence-electron chi connectivity index (χ0n) is 5.66. The molecule has 3 nitrogen and oxygen atoms in total. The van der Waals surface area contributed by atoms with Gasteiger partial charge in [0.25, 0.3) is 5.91 Å². The Balaban J connectivity index is 2.85. The third kappa shape index (κ3) is 1.31. The molecule has 0 saturated carbocycles. The molecule has 0 bridgehead atoms. The van der Waals surface area contributed by atoms with Gasteiger partial charge < -0.3 is 5.32 Å². The molecule has 1 N–H and O–H groups in total. The molecule has 1 aromatic heterocycles. The van der Waals surface area contributed by atoms with Crippen LogP contribution in [-0.2, 0) is 0 Å². The Labute approximate surface area is 59.1 Å². The summed E-state index contributed by atoms with van der Waals surface area (Å²) in [5.41, 5.74) is 0.637. The molecule has 10 heavy (non-hydrogen) atoms. The highest BCUT2D eigenvalue weighted by atomic mass is 16.1. The van der Waals surface area contributed by atoms with Crippen molar-refractivity contribution in [1.82, 2.24) is 10.3 Å². The van der Waals surface area contributed by atoms with Crippen LogP contribution in [-0.4, -0.2) is 17.9 Å². The maximum absolute atomic E-state index is 10.9. The van der Waals surface area contributed by atoms with E-state index in [2.05, 4.69) is 10.3 Å². The lowest BCUT2D eigenvalue weighted by molar-refractivity contribution is 0.0963. The molecule has 3 heteroatoms. The minimum Gasteiger partial charge on any atom is -0.355 e. The van der Waals surface area contributed by atoms with Crippen LogP contribution in [0.15, 0.2) is 24.5 Å². The van der Waals surface area contributed by atoms with Gasteiger partial charge in [-0.15, -0.1) is 0 Å². The zero-order valence-corrected chi connectivity index (χ0v) is 5.66. The van der Waals surface area contributed by atoms with Crippen LogP contribution in [0.3, 0.4) is 0 Å². The van der Waals surface area contributed by atoms with E-state index >= 15 is 0 Å². The smallest absolute Gasteiger partial charge is 0.251 e. The molecule has 0 aliphatic carbocycles. The van der Waals surface area contributed by atoms with Crippen LogP contribution >= 0.6 is 0 Å². The van der Waals surface area contributed by atoms with E-state index in [9.17, 15) is 4.79 Å². The highest BCUT2D eigenvalue weighted by Crippen LogP contribution is 1.93. The number of pyridine rings is 1. The van der Waals surface area contributed by atoms with Crippen molar-refractivity contribution in [1.29, 1.82) is 0 Å². The lowest BCUT2D eigenvalue weighted by Crippen LogP contribution is -2.17. The maximum Gasteiger partial charge on any atom is 0.251 e. The van der Waals surface area contributed by atoms with Crippen molar-refractivity contribution in [3.8, 4) is 0 Å². The highest BCUT2D eigenvalue weighted by molar-refractivity contribution is 5.93. The lowest BCUT2D eigenvalue weighted by atomic mass is 10.2. The Kier molecular flexibility index (Phi) is 1.99. The summed E-state index contributed by atoms with van der Waals surface area (Å²) in [5, 5.41) is 2.51.